The third-order valence-electron chi connectivity index (χ3n) is 9.27. The van der Waals surface area contributed by atoms with E-state index in [0.29, 0.717) is 18.9 Å². The highest BCUT2D eigenvalue weighted by molar-refractivity contribution is 6.38. The van der Waals surface area contributed by atoms with Crippen molar-refractivity contribution in [2.24, 2.45) is 28.6 Å². The summed E-state index contributed by atoms with van der Waals surface area (Å²) in [5, 5.41) is 5.48. The first kappa shape index (κ1) is 24.9. The molecule has 3 aliphatic carbocycles. The van der Waals surface area contributed by atoms with Gasteiger partial charge >= 0.3 is 0 Å². The number of carbonyl (C=O) groups excluding carboxylic acids is 4. The molecule has 1 saturated heterocycles. The summed E-state index contributed by atoms with van der Waals surface area (Å²) < 4.78 is 0. The van der Waals surface area contributed by atoms with Crippen LogP contribution in [0.4, 0.5) is 0 Å². The van der Waals surface area contributed by atoms with Crippen LogP contribution in [0.3, 0.4) is 0 Å². The van der Waals surface area contributed by atoms with Gasteiger partial charge in [-0.3, -0.25) is 19.2 Å². The fourth-order valence-corrected chi connectivity index (χ4v) is 6.69. The molecule has 188 valence electrons. The molecule has 0 aromatic rings. The number of nitrogens with zero attached hydrogens (tertiary/aromatic N) is 1. The van der Waals surface area contributed by atoms with Crippen LogP contribution in [-0.4, -0.2) is 53.6 Å². The molecule has 0 spiro atoms. The maximum Gasteiger partial charge on any atom is 0.289 e. The van der Waals surface area contributed by atoms with Gasteiger partial charge in [-0.05, 0) is 54.3 Å². The average Bonchev–Trinajstić information content (AvgIpc) is 3.10. The summed E-state index contributed by atoms with van der Waals surface area (Å²) in [7, 11) is 0. The Kier molecular flexibility index (Phi) is 6.94. The molecule has 7 nitrogen and oxygen atoms in total. The van der Waals surface area contributed by atoms with Gasteiger partial charge in [0.05, 0.1) is 0 Å². The minimum absolute atomic E-state index is 0.00480. The lowest BCUT2D eigenvalue weighted by molar-refractivity contribution is -0.145. The topological polar surface area (TPSA) is 95.6 Å². The number of piperidine rings is 1. The van der Waals surface area contributed by atoms with Gasteiger partial charge in [-0.15, -0.1) is 6.58 Å². The normalized spacial score (nSPS) is 29.9. The van der Waals surface area contributed by atoms with Crippen molar-refractivity contribution in [3.8, 4) is 0 Å². The number of ketones is 1. The summed E-state index contributed by atoms with van der Waals surface area (Å²) in [4.78, 5) is 54.2. The maximum atomic E-state index is 13.6. The molecule has 3 amide bonds. The van der Waals surface area contributed by atoms with Crippen molar-refractivity contribution in [2.75, 3.05) is 13.1 Å². The number of hydrogen-bond donors (Lipinski definition) is 2. The third kappa shape index (κ3) is 4.67. The lowest BCUT2D eigenvalue weighted by Crippen LogP contribution is -2.58. The number of fused-ring (bicyclic) bond motifs is 1. The molecule has 1 aliphatic heterocycles. The molecule has 0 aromatic carbocycles. The lowest BCUT2D eigenvalue weighted by atomic mass is 9.73. The minimum Gasteiger partial charge on any atom is -0.346 e. The summed E-state index contributed by atoms with van der Waals surface area (Å²) in [6, 6.07) is -1.40. The highest BCUT2D eigenvalue weighted by atomic mass is 16.2. The van der Waals surface area contributed by atoms with E-state index in [9.17, 15) is 19.2 Å². The molecule has 0 aromatic heterocycles. The predicted molar refractivity (Wildman–Crippen MR) is 130 cm³/mol. The van der Waals surface area contributed by atoms with Crippen LogP contribution >= 0.6 is 0 Å². The highest BCUT2D eigenvalue weighted by Gasteiger charge is 2.69. The Morgan fingerprint density at radius 1 is 1.06 bits per heavy atom. The molecule has 4 unspecified atom stereocenters. The van der Waals surface area contributed by atoms with E-state index < -0.39 is 23.8 Å². The first-order valence-corrected chi connectivity index (χ1v) is 13.1. The Hall–Kier alpha value is -2.18. The molecule has 0 radical (unpaired) electrons. The second-order valence-electron chi connectivity index (χ2n) is 12.0. The molecular formula is C27H41N3O4. The molecule has 1 heterocycles. The second-order valence-corrected chi connectivity index (χ2v) is 12.0. The number of likely N-dealkylation sites (tertiary alicyclic amines) is 1. The molecule has 3 saturated carbocycles. The molecule has 4 fully saturated rings. The van der Waals surface area contributed by atoms with Crippen LogP contribution in [0.1, 0.15) is 78.6 Å². The van der Waals surface area contributed by atoms with E-state index >= 15 is 0 Å². The first-order chi connectivity index (χ1) is 16.1. The standard InChI is InChI=1S/C27H41N3O4/c1-5-14-28-25(34)23(32)21(17-10-9-11-17)29-24(33)22-20-18(26(20,2)3)16-30(22)19(31)15-27(4)12-7-6-8-13-27/h5,17-18,20-22H,1,6-16H2,2-4H3,(H,28,34)(H,29,33). The van der Waals surface area contributed by atoms with Gasteiger partial charge in [-0.1, -0.05) is 52.5 Å². The van der Waals surface area contributed by atoms with Gasteiger partial charge in [0.15, 0.2) is 0 Å². The van der Waals surface area contributed by atoms with Crippen LogP contribution in [0.15, 0.2) is 12.7 Å². The quantitative estimate of drug-likeness (QED) is 0.399. The maximum absolute atomic E-state index is 13.6. The van der Waals surface area contributed by atoms with Crippen LogP contribution in [0.5, 0.6) is 0 Å². The van der Waals surface area contributed by atoms with Crippen molar-refractivity contribution >= 4 is 23.5 Å². The van der Waals surface area contributed by atoms with Gasteiger partial charge in [0.25, 0.3) is 5.91 Å². The summed E-state index contributed by atoms with van der Waals surface area (Å²) in [5.41, 5.74) is 0.0111. The van der Waals surface area contributed by atoms with E-state index in [1.165, 1.54) is 12.5 Å². The molecular weight excluding hydrogens is 430 g/mol. The Labute approximate surface area is 203 Å². The summed E-state index contributed by atoms with van der Waals surface area (Å²) in [5.74, 6) is -1.13. The van der Waals surface area contributed by atoms with Crippen LogP contribution < -0.4 is 10.6 Å². The molecule has 4 atom stereocenters. The van der Waals surface area contributed by atoms with Crippen molar-refractivity contribution in [3.63, 3.8) is 0 Å². The van der Waals surface area contributed by atoms with Crippen LogP contribution in [-0.2, 0) is 19.2 Å². The van der Waals surface area contributed by atoms with Gasteiger partial charge in [0.1, 0.15) is 12.1 Å². The first-order valence-electron chi connectivity index (χ1n) is 13.1. The largest absolute Gasteiger partial charge is 0.346 e. The van der Waals surface area contributed by atoms with Crippen molar-refractivity contribution in [3.05, 3.63) is 12.7 Å². The van der Waals surface area contributed by atoms with Gasteiger partial charge in [-0.2, -0.15) is 0 Å². The van der Waals surface area contributed by atoms with E-state index in [1.54, 1.807) is 4.90 Å². The highest BCUT2D eigenvalue weighted by Crippen LogP contribution is 2.65. The van der Waals surface area contributed by atoms with Gasteiger partial charge < -0.3 is 15.5 Å². The number of Topliss-reactive ketones (excluding diaryl/α,β-unsaturated/α-hetero) is 1. The molecule has 4 aliphatic rings. The van der Waals surface area contributed by atoms with E-state index in [0.717, 1.165) is 44.9 Å². The van der Waals surface area contributed by atoms with Crippen LogP contribution in [0.25, 0.3) is 0 Å². The average molecular weight is 472 g/mol. The van der Waals surface area contributed by atoms with Crippen LogP contribution in [0, 0.1) is 28.6 Å². The number of rotatable bonds is 9. The summed E-state index contributed by atoms with van der Waals surface area (Å²) >= 11 is 0. The van der Waals surface area contributed by atoms with E-state index in [2.05, 4.69) is 38.0 Å². The van der Waals surface area contributed by atoms with Gasteiger partial charge in [-0.25, -0.2) is 0 Å². The smallest absolute Gasteiger partial charge is 0.289 e. The number of hydrogen-bond acceptors (Lipinski definition) is 4. The van der Waals surface area contributed by atoms with Crippen molar-refractivity contribution in [1.82, 2.24) is 15.5 Å². The molecule has 4 rings (SSSR count). The Morgan fingerprint density at radius 2 is 1.74 bits per heavy atom. The van der Waals surface area contributed by atoms with Crippen molar-refractivity contribution < 1.29 is 19.2 Å². The number of amides is 3. The molecule has 34 heavy (non-hydrogen) atoms. The minimum atomic E-state index is -0.834. The van der Waals surface area contributed by atoms with E-state index in [4.69, 9.17) is 0 Å². The Balaban J connectivity index is 1.48. The zero-order chi connectivity index (χ0) is 24.7. The van der Waals surface area contributed by atoms with Crippen LogP contribution in [0.2, 0.25) is 0 Å². The van der Waals surface area contributed by atoms with Crippen molar-refractivity contribution in [2.45, 2.75) is 90.6 Å². The van der Waals surface area contributed by atoms with Gasteiger partial charge in [0.2, 0.25) is 17.6 Å². The fraction of sp³-hybridized carbons (Fsp3) is 0.778. The molecule has 7 heteroatoms. The molecule has 0 bridgehead atoms. The van der Waals surface area contributed by atoms with E-state index in [-0.39, 0.29) is 41.0 Å². The monoisotopic (exact) mass is 471 g/mol. The predicted octanol–water partition coefficient (Wildman–Crippen LogP) is 2.99. The number of carbonyl (C=O) groups is 4. The van der Waals surface area contributed by atoms with E-state index in [1.807, 2.05) is 0 Å². The zero-order valence-electron chi connectivity index (χ0n) is 21.0. The summed E-state index contributed by atoms with van der Waals surface area (Å²) in [6.45, 7) is 10.9. The summed E-state index contributed by atoms with van der Waals surface area (Å²) in [6.07, 6.45) is 10.3. The Morgan fingerprint density at radius 3 is 2.32 bits per heavy atom. The molecule has 2 N–H and O–H groups in total. The number of nitrogens with one attached hydrogen (secondary N) is 2. The Bertz CT molecular complexity index is 856. The van der Waals surface area contributed by atoms with Crippen molar-refractivity contribution in [1.29, 1.82) is 0 Å². The zero-order valence-corrected chi connectivity index (χ0v) is 21.0. The fourth-order valence-electron chi connectivity index (χ4n) is 6.69. The lowest BCUT2D eigenvalue weighted by Gasteiger charge is -2.38. The SMILES string of the molecule is C=CCNC(=O)C(=O)C(NC(=O)C1C2C(CN1C(=O)CC1(C)CCCCC1)C2(C)C)C1CCC1. The van der Waals surface area contributed by atoms with Gasteiger partial charge in [0, 0.05) is 19.5 Å². The second kappa shape index (κ2) is 9.46. The third-order valence-corrected chi connectivity index (χ3v) is 9.27.